The van der Waals surface area contributed by atoms with Crippen LogP contribution in [0.1, 0.15) is 48.7 Å². The highest BCUT2D eigenvalue weighted by atomic mass is 19.2. The van der Waals surface area contributed by atoms with Crippen LogP contribution in [0.2, 0.25) is 0 Å². The molecule has 8 heteroatoms. The Kier molecular flexibility index (Phi) is 8.66. The van der Waals surface area contributed by atoms with Crippen LogP contribution in [-0.4, -0.2) is 17.7 Å². The van der Waals surface area contributed by atoms with Gasteiger partial charge in [0, 0.05) is 11.1 Å². The fourth-order valence-corrected chi connectivity index (χ4v) is 4.12. The molecule has 39 heavy (non-hydrogen) atoms. The molecule has 0 radical (unpaired) electrons. The highest BCUT2D eigenvalue weighted by molar-refractivity contribution is 5.91. The summed E-state index contributed by atoms with van der Waals surface area (Å²) in [6.45, 7) is 3.78. The fraction of sp³-hybridized carbons (Fsp3) is 0.194. The van der Waals surface area contributed by atoms with Gasteiger partial charge in [-0.2, -0.15) is 8.78 Å². The van der Waals surface area contributed by atoms with Crippen molar-refractivity contribution in [1.82, 2.24) is 0 Å². The van der Waals surface area contributed by atoms with Gasteiger partial charge in [0.25, 0.3) is 0 Å². The Balaban J connectivity index is 1.50. The first kappa shape index (κ1) is 27.9. The number of hydrogen-bond acceptors (Lipinski definition) is 4. The van der Waals surface area contributed by atoms with Gasteiger partial charge in [0.1, 0.15) is 0 Å². The zero-order valence-electron chi connectivity index (χ0n) is 21.3. The van der Waals surface area contributed by atoms with Crippen molar-refractivity contribution in [1.29, 1.82) is 0 Å². The summed E-state index contributed by atoms with van der Waals surface area (Å²) in [5, 5.41) is 10.1. The minimum absolute atomic E-state index is 0.00400. The Morgan fingerprint density at radius 1 is 0.718 bits per heavy atom. The maximum atomic E-state index is 14.9. The molecule has 0 amide bonds. The summed E-state index contributed by atoms with van der Waals surface area (Å²) in [6, 6.07) is 17.0. The van der Waals surface area contributed by atoms with Crippen molar-refractivity contribution < 1.29 is 36.9 Å². The van der Waals surface area contributed by atoms with Crippen LogP contribution in [0, 0.1) is 23.3 Å². The van der Waals surface area contributed by atoms with Gasteiger partial charge in [-0.25, -0.2) is 13.6 Å². The molecule has 0 heterocycles. The second-order valence-electron chi connectivity index (χ2n) is 8.80. The van der Waals surface area contributed by atoms with Crippen LogP contribution in [-0.2, 0) is 0 Å². The number of carbonyl (C=O) groups is 1. The Labute approximate surface area is 223 Å². The summed E-state index contributed by atoms with van der Waals surface area (Å²) in [5.41, 5.74) is 1.29. The van der Waals surface area contributed by atoms with E-state index in [2.05, 4.69) is 0 Å². The standard InChI is InChI=1S/C31H26F4O4/c1-3-5-24(36)20-10-6-18(7-11-20)23-15-17-26(30(35)28(23)33)39-31(37)21-12-8-19(9-13-21)22-14-16-25(38-4-2)29(34)27(22)32/h6-17,24,36H,3-5H2,1-2H3. The molecule has 0 aliphatic heterocycles. The molecular formula is C31H26F4O4. The third-order valence-corrected chi connectivity index (χ3v) is 6.20. The highest BCUT2D eigenvalue weighted by Gasteiger charge is 2.20. The molecule has 1 unspecified atom stereocenters. The largest absolute Gasteiger partial charge is 0.491 e. The SMILES string of the molecule is CCCC(O)c1ccc(-c2ccc(OC(=O)c3ccc(-c4ccc(OCC)c(F)c4F)cc3)c(F)c2F)cc1. The molecule has 1 atom stereocenters. The quantitative estimate of drug-likeness (QED) is 0.133. The van der Waals surface area contributed by atoms with E-state index >= 15 is 0 Å². The van der Waals surface area contributed by atoms with Crippen molar-refractivity contribution in [2.45, 2.75) is 32.8 Å². The molecule has 0 aliphatic carbocycles. The molecule has 1 N–H and O–H groups in total. The van der Waals surface area contributed by atoms with E-state index in [0.717, 1.165) is 12.5 Å². The third kappa shape index (κ3) is 5.96. The lowest BCUT2D eigenvalue weighted by molar-refractivity contribution is 0.0726. The summed E-state index contributed by atoms with van der Waals surface area (Å²) >= 11 is 0. The predicted octanol–water partition coefficient (Wildman–Crippen LogP) is 8.03. The van der Waals surface area contributed by atoms with Crippen molar-refractivity contribution >= 4 is 5.97 Å². The van der Waals surface area contributed by atoms with Gasteiger partial charge >= 0.3 is 5.97 Å². The molecule has 0 bridgehead atoms. The van der Waals surface area contributed by atoms with Gasteiger partial charge in [0.2, 0.25) is 11.6 Å². The third-order valence-electron chi connectivity index (χ3n) is 6.20. The summed E-state index contributed by atoms with van der Waals surface area (Å²) in [4.78, 5) is 12.6. The first-order chi connectivity index (χ1) is 18.7. The van der Waals surface area contributed by atoms with Crippen LogP contribution in [0.15, 0.2) is 72.8 Å². The van der Waals surface area contributed by atoms with Crippen LogP contribution in [0.25, 0.3) is 22.3 Å². The summed E-state index contributed by atoms with van der Waals surface area (Å²) in [6.07, 6.45) is 0.749. The van der Waals surface area contributed by atoms with E-state index in [4.69, 9.17) is 9.47 Å². The van der Waals surface area contributed by atoms with Gasteiger partial charge in [0.05, 0.1) is 18.3 Å². The van der Waals surface area contributed by atoms with Crippen LogP contribution in [0.5, 0.6) is 11.5 Å². The summed E-state index contributed by atoms with van der Waals surface area (Å²) in [5.74, 6) is -6.50. The van der Waals surface area contributed by atoms with Gasteiger partial charge in [-0.15, -0.1) is 0 Å². The zero-order chi connectivity index (χ0) is 28.1. The maximum Gasteiger partial charge on any atom is 0.343 e. The fourth-order valence-electron chi connectivity index (χ4n) is 4.12. The van der Waals surface area contributed by atoms with Crippen LogP contribution in [0.3, 0.4) is 0 Å². The van der Waals surface area contributed by atoms with Gasteiger partial charge in [-0.05, 0) is 66.4 Å². The van der Waals surface area contributed by atoms with Gasteiger partial charge in [-0.1, -0.05) is 49.7 Å². The lowest BCUT2D eigenvalue weighted by atomic mass is 9.99. The van der Waals surface area contributed by atoms with E-state index in [1.807, 2.05) is 6.92 Å². The van der Waals surface area contributed by atoms with E-state index in [9.17, 15) is 27.5 Å². The molecule has 4 rings (SSSR count). The number of benzene rings is 4. The van der Waals surface area contributed by atoms with E-state index in [1.54, 1.807) is 31.2 Å². The number of hydrogen-bond donors (Lipinski definition) is 1. The normalized spacial score (nSPS) is 11.8. The van der Waals surface area contributed by atoms with E-state index in [1.165, 1.54) is 42.5 Å². The van der Waals surface area contributed by atoms with E-state index in [-0.39, 0.29) is 29.0 Å². The van der Waals surface area contributed by atoms with Crippen LogP contribution >= 0.6 is 0 Å². The Morgan fingerprint density at radius 3 is 1.77 bits per heavy atom. The average molecular weight is 539 g/mol. The minimum Gasteiger partial charge on any atom is -0.491 e. The first-order valence-corrected chi connectivity index (χ1v) is 12.4. The van der Waals surface area contributed by atoms with Crippen molar-refractivity contribution in [2.75, 3.05) is 6.61 Å². The molecule has 0 fully saturated rings. The summed E-state index contributed by atoms with van der Waals surface area (Å²) < 4.78 is 68.5. The Hall–Kier alpha value is -4.17. The highest BCUT2D eigenvalue weighted by Crippen LogP contribution is 2.33. The topological polar surface area (TPSA) is 55.8 Å². The Bertz CT molecular complexity index is 1470. The minimum atomic E-state index is -1.33. The number of aliphatic hydroxyl groups excluding tert-OH is 1. The van der Waals surface area contributed by atoms with Crippen molar-refractivity contribution in [3.63, 3.8) is 0 Å². The average Bonchev–Trinajstić information content (AvgIpc) is 2.94. The molecule has 0 aromatic heterocycles. The predicted molar refractivity (Wildman–Crippen MR) is 140 cm³/mol. The second kappa shape index (κ2) is 12.1. The van der Waals surface area contributed by atoms with Crippen LogP contribution in [0.4, 0.5) is 17.6 Å². The molecule has 4 aromatic carbocycles. The zero-order valence-corrected chi connectivity index (χ0v) is 21.3. The molecular weight excluding hydrogens is 512 g/mol. The van der Waals surface area contributed by atoms with Gasteiger partial charge in [0.15, 0.2) is 23.1 Å². The molecule has 202 valence electrons. The monoisotopic (exact) mass is 538 g/mol. The number of rotatable bonds is 9. The van der Waals surface area contributed by atoms with E-state index < -0.39 is 41.1 Å². The lowest BCUT2D eigenvalue weighted by Crippen LogP contribution is -2.10. The molecule has 0 saturated heterocycles. The first-order valence-electron chi connectivity index (χ1n) is 12.4. The second-order valence-corrected chi connectivity index (χ2v) is 8.80. The number of aliphatic hydroxyl groups is 1. The smallest absolute Gasteiger partial charge is 0.343 e. The molecule has 4 nitrogen and oxygen atoms in total. The molecule has 4 aromatic rings. The molecule has 0 spiro atoms. The maximum absolute atomic E-state index is 14.9. The van der Waals surface area contributed by atoms with E-state index in [0.29, 0.717) is 23.1 Å². The molecule has 0 saturated carbocycles. The summed E-state index contributed by atoms with van der Waals surface area (Å²) in [7, 11) is 0. The van der Waals surface area contributed by atoms with Crippen molar-refractivity contribution in [2.24, 2.45) is 0 Å². The molecule has 0 aliphatic rings. The van der Waals surface area contributed by atoms with Crippen molar-refractivity contribution in [3.8, 4) is 33.8 Å². The lowest BCUT2D eigenvalue weighted by Gasteiger charge is -2.12. The number of halogens is 4. The van der Waals surface area contributed by atoms with Crippen LogP contribution < -0.4 is 9.47 Å². The number of ether oxygens (including phenoxy) is 2. The van der Waals surface area contributed by atoms with Gasteiger partial charge in [-0.3, -0.25) is 0 Å². The number of esters is 1. The Morgan fingerprint density at radius 2 is 1.23 bits per heavy atom. The van der Waals surface area contributed by atoms with Gasteiger partial charge < -0.3 is 14.6 Å². The van der Waals surface area contributed by atoms with Crippen molar-refractivity contribution in [3.05, 3.63) is 107 Å². The number of carbonyl (C=O) groups excluding carboxylic acids is 1.